The number of anilines is 1. The Hall–Kier alpha value is -5.06. The lowest BCUT2D eigenvalue weighted by Gasteiger charge is -2.12. The maximum Gasteiger partial charge on any atom is 0.275 e. The summed E-state index contributed by atoms with van der Waals surface area (Å²) in [6, 6.07) is 14.5. The minimum absolute atomic E-state index is 0.0108. The fourth-order valence-electron chi connectivity index (χ4n) is 3.07. The van der Waals surface area contributed by atoms with E-state index in [1.165, 1.54) is 77.6 Å². The quantitative estimate of drug-likeness (QED) is 0.351. The van der Waals surface area contributed by atoms with Crippen LogP contribution in [-0.2, 0) is 0 Å². The summed E-state index contributed by atoms with van der Waals surface area (Å²) < 4.78 is 34.4. The zero-order valence-electron chi connectivity index (χ0n) is 17.9. The van der Waals surface area contributed by atoms with Crippen LogP contribution in [0.1, 0.15) is 20.8 Å². The molecule has 0 radical (unpaired) electrons. The van der Waals surface area contributed by atoms with Gasteiger partial charge >= 0.3 is 0 Å². The van der Waals surface area contributed by atoms with Crippen LogP contribution in [-0.4, -0.2) is 21.4 Å². The molecule has 2 aromatic heterocycles. The Kier molecular flexibility index (Phi) is 6.49. The van der Waals surface area contributed by atoms with Gasteiger partial charge in [-0.1, -0.05) is 0 Å². The number of hydrogen-bond acceptors (Lipinski definition) is 6. The van der Waals surface area contributed by atoms with Crippen LogP contribution >= 0.6 is 0 Å². The minimum atomic E-state index is -0.804. The third-order valence-corrected chi connectivity index (χ3v) is 4.77. The monoisotopic (exact) mass is 477 g/mol. The molecule has 9 nitrogen and oxygen atoms in total. The predicted octanol–water partition coefficient (Wildman–Crippen LogP) is 3.16. The Bertz CT molecular complexity index is 1470. The second kappa shape index (κ2) is 9.83. The summed E-state index contributed by atoms with van der Waals surface area (Å²) in [6.07, 6.45) is 2.76. The molecule has 4 rings (SSSR count). The highest BCUT2D eigenvalue weighted by molar-refractivity contribution is 5.94. The molecule has 11 heteroatoms. The lowest BCUT2D eigenvalue weighted by Crippen LogP contribution is -2.35. The van der Waals surface area contributed by atoms with Crippen molar-refractivity contribution in [3.05, 3.63) is 112 Å². The van der Waals surface area contributed by atoms with E-state index in [1.54, 1.807) is 0 Å². The average Bonchev–Trinajstić information content (AvgIpc) is 2.84. The molecule has 35 heavy (non-hydrogen) atoms. The first-order valence-electron chi connectivity index (χ1n) is 10.1. The molecule has 0 fully saturated rings. The zero-order chi connectivity index (χ0) is 24.9. The number of ether oxygens (including phenoxy) is 1. The van der Waals surface area contributed by atoms with Gasteiger partial charge in [-0.25, -0.2) is 8.78 Å². The van der Waals surface area contributed by atoms with Gasteiger partial charge in [-0.05, 0) is 54.6 Å². The molecule has 0 aliphatic rings. The first kappa shape index (κ1) is 23.1. The van der Waals surface area contributed by atoms with Crippen molar-refractivity contribution in [3.63, 3.8) is 0 Å². The van der Waals surface area contributed by atoms with Gasteiger partial charge in [-0.2, -0.15) is 0 Å². The van der Waals surface area contributed by atoms with E-state index in [9.17, 15) is 23.2 Å². The van der Waals surface area contributed by atoms with Gasteiger partial charge in [0.25, 0.3) is 17.4 Å². The minimum Gasteiger partial charge on any atom is -0.457 e. The molecule has 4 aromatic rings. The summed E-state index contributed by atoms with van der Waals surface area (Å²) in [5.41, 5.74) is 9.28. The molecular weight excluding hydrogens is 460 g/mol. The number of aromatic nitrogens is 2. The largest absolute Gasteiger partial charge is 0.457 e. The van der Waals surface area contributed by atoms with Crippen molar-refractivity contribution in [1.82, 2.24) is 15.0 Å². The number of primary amides is 1. The van der Waals surface area contributed by atoms with E-state index >= 15 is 0 Å². The number of hydrazine groups is 1. The number of hydrogen-bond donors (Lipinski definition) is 3. The van der Waals surface area contributed by atoms with E-state index < -0.39 is 29.0 Å². The first-order valence-corrected chi connectivity index (χ1v) is 10.1. The van der Waals surface area contributed by atoms with Gasteiger partial charge in [0.15, 0.2) is 5.82 Å². The summed E-state index contributed by atoms with van der Waals surface area (Å²) in [5, 5.41) is 0. The fourth-order valence-corrected chi connectivity index (χ4v) is 3.07. The molecule has 0 aliphatic heterocycles. The van der Waals surface area contributed by atoms with E-state index in [1.807, 2.05) is 0 Å². The second-order valence-electron chi connectivity index (χ2n) is 7.14. The number of benzene rings is 2. The zero-order valence-corrected chi connectivity index (χ0v) is 17.9. The van der Waals surface area contributed by atoms with Gasteiger partial charge in [-0.3, -0.25) is 34.8 Å². The standard InChI is InChI=1S/C24H17F2N5O4/c25-14-3-5-15(6-4-14)31-11-1-2-18(24(31)34)23(33)30-29-20-8-7-16(12-19(20)26)35-17-9-10-28-21(13-17)22(27)32/h1-13,29H,(H2,27,32)(H,30,33). The number of rotatable bonds is 7. The molecule has 0 spiro atoms. The van der Waals surface area contributed by atoms with Crippen LogP contribution < -0.4 is 26.9 Å². The van der Waals surface area contributed by atoms with Gasteiger partial charge in [0.05, 0.1) is 5.69 Å². The smallest absolute Gasteiger partial charge is 0.275 e. The summed E-state index contributed by atoms with van der Waals surface area (Å²) in [6.45, 7) is 0. The molecule has 0 unspecified atom stereocenters. The van der Waals surface area contributed by atoms with Crippen LogP contribution in [0, 0.1) is 11.6 Å². The van der Waals surface area contributed by atoms with Crippen molar-refractivity contribution in [3.8, 4) is 17.2 Å². The van der Waals surface area contributed by atoms with Crippen molar-refractivity contribution < 1.29 is 23.1 Å². The Morgan fingerprint density at radius 1 is 0.971 bits per heavy atom. The SMILES string of the molecule is NC(=O)c1cc(Oc2ccc(NNC(=O)c3cccn(-c4ccc(F)cc4)c3=O)c(F)c2)ccn1. The number of pyridine rings is 2. The molecular formula is C24H17F2N5O4. The number of amides is 2. The summed E-state index contributed by atoms with van der Waals surface area (Å²) in [7, 11) is 0. The lowest BCUT2D eigenvalue weighted by atomic mass is 10.2. The highest BCUT2D eigenvalue weighted by Gasteiger charge is 2.14. The number of halogens is 2. The van der Waals surface area contributed by atoms with Crippen molar-refractivity contribution >= 4 is 17.5 Å². The molecule has 2 heterocycles. The highest BCUT2D eigenvalue weighted by Crippen LogP contribution is 2.25. The van der Waals surface area contributed by atoms with Crippen molar-refractivity contribution in [1.29, 1.82) is 0 Å². The third-order valence-electron chi connectivity index (χ3n) is 4.77. The van der Waals surface area contributed by atoms with E-state index in [0.29, 0.717) is 5.69 Å². The van der Waals surface area contributed by atoms with E-state index in [0.717, 1.165) is 6.07 Å². The fraction of sp³-hybridized carbons (Fsp3) is 0. The summed E-state index contributed by atoms with van der Waals surface area (Å²) in [4.78, 5) is 40.3. The average molecular weight is 477 g/mol. The summed E-state index contributed by atoms with van der Waals surface area (Å²) in [5.74, 6) is -2.42. The van der Waals surface area contributed by atoms with Crippen molar-refractivity contribution in [2.75, 3.05) is 5.43 Å². The van der Waals surface area contributed by atoms with Crippen molar-refractivity contribution in [2.24, 2.45) is 5.73 Å². The van der Waals surface area contributed by atoms with Crippen LogP contribution in [0.4, 0.5) is 14.5 Å². The third kappa shape index (κ3) is 5.30. The Morgan fingerprint density at radius 3 is 2.43 bits per heavy atom. The van der Waals surface area contributed by atoms with Gasteiger partial charge in [0.2, 0.25) is 0 Å². The first-order chi connectivity index (χ1) is 16.8. The Morgan fingerprint density at radius 2 is 1.71 bits per heavy atom. The molecule has 176 valence electrons. The van der Waals surface area contributed by atoms with Gasteiger partial charge in [0, 0.05) is 30.2 Å². The van der Waals surface area contributed by atoms with E-state index in [4.69, 9.17) is 10.5 Å². The number of nitrogens with one attached hydrogen (secondary N) is 2. The number of nitrogens with zero attached hydrogens (tertiary/aromatic N) is 2. The molecule has 0 saturated carbocycles. The van der Waals surface area contributed by atoms with Crippen LogP contribution in [0.2, 0.25) is 0 Å². The van der Waals surface area contributed by atoms with Crippen LogP contribution in [0.5, 0.6) is 11.5 Å². The van der Waals surface area contributed by atoms with Gasteiger partial charge in [-0.15, -0.1) is 0 Å². The Balaban J connectivity index is 1.45. The molecule has 2 aromatic carbocycles. The number of nitrogens with two attached hydrogens (primary N) is 1. The van der Waals surface area contributed by atoms with Crippen LogP contribution in [0.25, 0.3) is 5.69 Å². The van der Waals surface area contributed by atoms with Gasteiger partial charge < -0.3 is 10.5 Å². The van der Waals surface area contributed by atoms with Crippen molar-refractivity contribution in [2.45, 2.75) is 0 Å². The molecule has 4 N–H and O–H groups in total. The summed E-state index contributed by atoms with van der Waals surface area (Å²) >= 11 is 0. The maximum absolute atomic E-state index is 14.5. The molecule has 0 aliphatic carbocycles. The molecule has 2 amide bonds. The number of carbonyl (C=O) groups is 2. The Labute approximate surface area is 196 Å². The number of carbonyl (C=O) groups excluding carboxylic acids is 2. The van der Waals surface area contributed by atoms with Gasteiger partial charge in [0.1, 0.15) is 28.6 Å². The topological polar surface area (TPSA) is 128 Å². The molecule has 0 bridgehead atoms. The normalized spacial score (nSPS) is 10.5. The maximum atomic E-state index is 14.5. The predicted molar refractivity (Wildman–Crippen MR) is 122 cm³/mol. The second-order valence-corrected chi connectivity index (χ2v) is 7.14. The van der Waals surface area contributed by atoms with Crippen LogP contribution in [0.3, 0.4) is 0 Å². The highest BCUT2D eigenvalue weighted by atomic mass is 19.1. The lowest BCUT2D eigenvalue weighted by molar-refractivity contribution is 0.0959. The van der Waals surface area contributed by atoms with E-state index in [2.05, 4.69) is 15.8 Å². The molecule has 0 saturated heterocycles. The van der Waals surface area contributed by atoms with E-state index in [-0.39, 0.29) is 28.4 Å². The molecule has 0 atom stereocenters. The van der Waals surface area contributed by atoms with Crippen LogP contribution in [0.15, 0.2) is 83.9 Å².